The fraction of sp³-hybridized carbons (Fsp3) is 0.263. The maximum Gasteiger partial charge on any atom is 0.262 e. The van der Waals surface area contributed by atoms with Crippen LogP contribution in [0.25, 0.3) is 10.2 Å². The molecule has 1 amide bonds. The normalized spacial score (nSPS) is 13.8. The number of thiophene rings is 1. The van der Waals surface area contributed by atoms with E-state index in [-0.39, 0.29) is 18.0 Å². The number of hydrazone groups is 1. The maximum atomic E-state index is 12.8. The van der Waals surface area contributed by atoms with Crippen molar-refractivity contribution >= 4 is 45.3 Å². The Labute approximate surface area is 164 Å². The molecule has 1 aliphatic rings. The van der Waals surface area contributed by atoms with Crippen LogP contribution in [-0.4, -0.2) is 21.7 Å². The largest absolute Gasteiger partial charge is 0.289 e. The highest BCUT2D eigenvalue weighted by atomic mass is 35.5. The van der Waals surface area contributed by atoms with E-state index in [2.05, 4.69) is 15.5 Å². The van der Waals surface area contributed by atoms with Crippen molar-refractivity contribution in [2.45, 2.75) is 32.2 Å². The van der Waals surface area contributed by atoms with Gasteiger partial charge in [-0.25, -0.2) is 10.4 Å². The SMILES string of the molecule is O=C(Cn1cnc2sc3c(c2c1=O)CCCC3)N/N=C\c1cccc(Cl)c1. The van der Waals surface area contributed by atoms with Gasteiger partial charge in [-0.05, 0) is 48.9 Å². The molecule has 8 heteroatoms. The third kappa shape index (κ3) is 3.79. The molecule has 6 nitrogen and oxygen atoms in total. The van der Waals surface area contributed by atoms with Crippen LogP contribution >= 0.6 is 22.9 Å². The first-order chi connectivity index (χ1) is 13.1. The average Bonchev–Trinajstić information content (AvgIpc) is 3.03. The second kappa shape index (κ2) is 7.62. The highest BCUT2D eigenvalue weighted by Gasteiger charge is 2.20. The molecule has 1 aromatic carbocycles. The number of carbonyl (C=O) groups is 1. The molecular formula is C19H17ClN4O2S. The summed E-state index contributed by atoms with van der Waals surface area (Å²) in [4.78, 5) is 31.4. The number of amides is 1. The zero-order valence-corrected chi connectivity index (χ0v) is 16.0. The van der Waals surface area contributed by atoms with Gasteiger partial charge < -0.3 is 0 Å². The second-order valence-electron chi connectivity index (χ2n) is 6.42. The molecule has 0 radical (unpaired) electrons. The number of nitrogens with one attached hydrogen (secondary N) is 1. The van der Waals surface area contributed by atoms with Crippen LogP contribution < -0.4 is 11.0 Å². The highest BCUT2D eigenvalue weighted by Crippen LogP contribution is 2.33. The van der Waals surface area contributed by atoms with Crippen molar-refractivity contribution in [3.8, 4) is 0 Å². The van der Waals surface area contributed by atoms with Crippen LogP contribution in [0.15, 0.2) is 40.5 Å². The van der Waals surface area contributed by atoms with E-state index in [1.807, 2.05) is 6.07 Å². The Kier molecular flexibility index (Phi) is 5.05. The van der Waals surface area contributed by atoms with Crippen molar-refractivity contribution in [3.05, 3.63) is 62.0 Å². The Bertz CT molecular complexity index is 1100. The number of nitrogens with zero attached hydrogens (tertiary/aromatic N) is 3. The molecule has 0 saturated carbocycles. The Morgan fingerprint density at radius 3 is 3.07 bits per heavy atom. The highest BCUT2D eigenvalue weighted by molar-refractivity contribution is 7.18. The Hall–Kier alpha value is -2.51. The summed E-state index contributed by atoms with van der Waals surface area (Å²) in [7, 11) is 0. The maximum absolute atomic E-state index is 12.8. The summed E-state index contributed by atoms with van der Waals surface area (Å²) >= 11 is 7.50. The first-order valence-corrected chi connectivity index (χ1v) is 9.88. The van der Waals surface area contributed by atoms with Crippen LogP contribution in [-0.2, 0) is 24.2 Å². The quantitative estimate of drug-likeness (QED) is 0.540. The smallest absolute Gasteiger partial charge is 0.262 e. The zero-order chi connectivity index (χ0) is 18.8. The van der Waals surface area contributed by atoms with Crippen LogP contribution in [0.2, 0.25) is 5.02 Å². The molecule has 27 heavy (non-hydrogen) atoms. The molecule has 138 valence electrons. The van der Waals surface area contributed by atoms with Crippen LogP contribution in [0.5, 0.6) is 0 Å². The molecule has 1 N–H and O–H groups in total. The third-order valence-corrected chi connectivity index (χ3v) is 5.94. The lowest BCUT2D eigenvalue weighted by Crippen LogP contribution is -2.30. The van der Waals surface area contributed by atoms with Gasteiger partial charge >= 0.3 is 0 Å². The minimum atomic E-state index is -0.388. The van der Waals surface area contributed by atoms with Gasteiger partial charge in [-0.1, -0.05) is 23.7 Å². The summed E-state index contributed by atoms with van der Waals surface area (Å²) in [5, 5.41) is 5.18. The molecule has 0 spiro atoms. The van der Waals surface area contributed by atoms with Crippen molar-refractivity contribution in [3.63, 3.8) is 0 Å². The number of rotatable bonds is 4. The molecule has 4 rings (SSSR count). The van der Waals surface area contributed by atoms with Gasteiger partial charge in [-0.3, -0.25) is 14.2 Å². The summed E-state index contributed by atoms with van der Waals surface area (Å²) in [5.41, 5.74) is 4.16. The lowest BCUT2D eigenvalue weighted by molar-refractivity contribution is -0.121. The molecule has 0 fully saturated rings. The Morgan fingerprint density at radius 1 is 1.37 bits per heavy atom. The molecule has 3 aromatic rings. The molecule has 1 aliphatic carbocycles. The van der Waals surface area contributed by atoms with Crippen molar-refractivity contribution in [2.75, 3.05) is 0 Å². The fourth-order valence-electron chi connectivity index (χ4n) is 3.25. The third-order valence-electron chi connectivity index (χ3n) is 4.51. The number of aryl methyl sites for hydroxylation is 2. The van der Waals surface area contributed by atoms with Crippen molar-refractivity contribution in [1.29, 1.82) is 0 Å². The topological polar surface area (TPSA) is 76.3 Å². The Morgan fingerprint density at radius 2 is 2.22 bits per heavy atom. The van der Waals surface area contributed by atoms with Gasteiger partial charge in [-0.2, -0.15) is 5.10 Å². The van der Waals surface area contributed by atoms with Crippen molar-refractivity contribution in [1.82, 2.24) is 15.0 Å². The monoisotopic (exact) mass is 400 g/mol. The molecular weight excluding hydrogens is 384 g/mol. The van der Waals surface area contributed by atoms with E-state index in [1.165, 1.54) is 22.0 Å². The van der Waals surface area contributed by atoms with E-state index in [4.69, 9.17) is 11.6 Å². The molecule has 0 bridgehead atoms. The number of hydrogen-bond donors (Lipinski definition) is 1. The minimum Gasteiger partial charge on any atom is -0.289 e. The van der Waals surface area contributed by atoms with Crippen LogP contribution in [0.4, 0.5) is 0 Å². The predicted molar refractivity (Wildman–Crippen MR) is 108 cm³/mol. The van der Waals surface area contributed by atoms with Crippen LogP contribution in [0.1, 0.15) is 28.8 Å². The number of aromatic nitrogens is 2. The van der Waals surface area contributed by atoms with E-state index in [1.54, 1.807) is 29.5 Å². The van der Waals surface area contributed by atoms with E-state index in [0.29, 0.717) is 10.4 Å². The second-order valence-corrected chi connectivity index (χ2v) is 7.94. The summed E-state index contributed by atoms with van der Waals surface area (Å²) < 4.78 is 1.34. The van der Waals surface area contributed by atoms with Gasteiger partial charge in [0.1, 0.15) is 11.4 Å². The van der Waals surface area contributed by atoms with Gasteiger partial charge in [0, 0.05) is 9.90 Å². The van der Waals surface area contributed by atoms with Crippen molar-refractivity contribution < 1.29 is 4.79 Å². The number of carbonyl (C=O) groups excluding carboxylic acids is 1. The van der Waals surface area contributed by atoms with Gasteiger partial charge in [0.25, 0.3) is 11.5 Å². The van der Waals surface area contributed by atoms with E-state index < -0.39 is 0 Å². The van der Waals surface area contributed by atoms with Gasteiger partial charge in [0.05, 0.1) is 17.9 Å². The van der Waals surface area contributed by atoms with Crippen LogP contribution in [0, 0.1) is 0 Å². The Balaban J connectivity index is 1.50. The fourth-order valence-corrected chi connectivity index (χ4v) is 4.67. The molecule has 2 aromatic heterocycles. The van der Waals surface area contributed by atoms with E-state index in [9.17, 15) is 9.59 Å². The molecule has 0 atom stereocenters. The number of fused-ring (bicyclic) bond motifs is 3. The first kappa shape index (κ1) is 17.9. The number of halogens is 1. The molecule has 0 aliphatic heterocycles. The number of hydrogen-bond acceptors (Lipinski definition) is 5. The van der Waals surface area contributed by atoms with E-state index in [0.717, 1.165) is 41.6 Å². The standard InChI is InChI=1S/C19H17ClN4O2S/c20-13-5-3-4-12(8-13)9-22-23-16(25)10-24-11-21-18-17(19(24)26)14-6-1-2-7-15(14)27-18/h3-5,8-9,11H,1-2,6-7,10H2,(H,23,25)/b22-9-. The summed E-state index contributed by atoms with van der Waals surface area (Å²) in [6.07, 6.45) is 7.10. The summed E-state index contributed by atoms with van der Waals surface area (Å²) in [6.45, 7) is -0.126. The summed E-state index contributed by atoms with van der Waals surface area (Å²) in [6, 6.07) is 7.12. The van der Waals surface area contributed by atoms with Gasteiger partial charge in [0.2, 0.25) is 0 Å². The predicted octanol–water partition coefficient (Wildman–Crippen LogP) is 3.14. The molecule has 0 saturated heterocycles. The lowest BCUT2D eigenvalue weighted by Gasteiger charge is -2.10. The van der Waals surface area contributed by atoms with Crippen LogP contribution in [0.3, 0.4) is 0 Å². The number of benzene rings is 1. The zero-order valence-electron chi connectivity index (χ0n) is 14.4. The van der Waals surface area contributed by atoms with E-state index >= 15 is 0 Å². The van der Waals surface area contributed by atoms with Gasteiger partial charge in [0.15, 0.2) is 0 Å². The molecule has 0 unspecified atom stereocenters. The minimum absolute atomic E-state index is 0.126. The van der Waals surface area contributed by atoms with Crippen molar-refractivity contribution in [2.24, 2.45) is 5.10 Å². The lowest BCUT2D eigenvalue weighted by atomic mass is 9.97. The summed E-state index contributed by atoms with van der Waals surface area (Å²) in [5.74, 6) is -0.388. The average molecular weight is 401 g/mol. The first-order valence-electron chi connectivity index (χ1n) is 8.69. The van der Waals surface area contributed by atoms with Gasteiger partial charge in [-0.15, -0.1) is 11.3 Å². The molecule has 2 heterocycles.